The molecule has 0 aromatic rings. The van der Waals surface area contributed by atoms with Crippen molar-refractivity contribution in [2.75, 3.05) is 19.4 Å². The SMILES string of the molecule is CCCP(=O)(O)OCCO. The standard InChI is InChI=1S/C5H13O4P/c1-2-5-10(7,8)9-4-3-6/h6H,2-5H2,1H3,(H,7,8). The first-order valence-corrected chi connectivity index (χ1v) is 4.96. The minimum atomic E-state index is -3.37. The van der Waals surface area contributed by atoms with Gasteiger partial charge < -0.3 is 14.5 Å². The van der Waals surface area contributed by atoms with Crippen LogP contribution in [0.4, 0.5) is 0 Å². The summed E-state index contributed by atoms with van der Waals surface area (Å²) in [6.45, 7) is 1.52. The quantitative estimate of drug-likeness (QED) is 0.589. The zero-order valence-electron chi connectivity index (χ0n) is 5.99. The number of rotatable bonds is 5. The van der Waals surface area contributed by atoms with Gasteiger partial charge in [0.15, 0.2) is 0 Å². The first kappa shape index (κ1) is 10.1. The van der Waals surface area contributed by atoms with Crippen molar-refractivity contribution in [1.82, 2.24) is 0 Å². The van der Waals surface area contributed by atoms with Crippen molar-refractivity contribution in [3.8, 4) is 0 Å². The van der Waals surface area contributed by atoms with Gasteiger partial charge in [-0.1, -0.05) is 6.92 Å². The smallest absolute Gasteiger partial charge is 0.328 e. The van der Waals surface area contributed by atoms with Gasteiger partial charge in [0.2, 0.25) is 0 Å². The molecule has 0 radical (unpaired) electrons. The number of aliphatic hydroxyl groups excluding tert-OH is 1. The second-order valence-electron chi connectivity index (χ2n) is 1.92. The largest absolute Gasteiger partial charge is 0.394 e. The highest BCUT2D eigenvalue weighted by molar-refractivity contribution is 7.52. The minimum Gasteiger partial charge on any atom is -0.394 e. The summed E-state index contributed by atoms with van der Waals surface area (Å²) in [7, 11) is -3.37. The molecule has 1 unspecified atom stereocenters. The van der Waals surface area contributed by atoms with Gasteiger partial charge >= 0.3 is 7.60 Å². The van der Waals surface area contributed by atoms with Crippen LogP contribution in [0.15, 0.2) is 0 Å². The van der Waals surface area contributed by atoms with Crippen molar-refractivity contribution in [3.63, 3.8) is 0 Å². The Kier molecular flexibility index (Phi) is 4.91. The Hall–Kier alpha value is 0.110. The highest BCUT2D eigenvalue weighted by Gasteiger charge is 2.16. The average molecular weight is 168 g/mol. The van der Waals surface area contributed by atoms with Crippen LogP contribution in [-0.4, -0.2) is 29.4 Å². The summed E-state index contributed by atoms with van der Waals surface area (Å²) in [5.41, 5.74) is 0. The van der Waals surface area contributed by atoms with Crippen molar-refractivity contribution in [3.05, 3.63) is 0 Å². The molecule has 10 heavy (non-hydrogen) atoms. The van der Waals surface area contributed by atoms with Gasteiger partial charge in [0.1, 0.15) is 0 Å². The Morgan fingerprint density at radius 2 is 2.20 bits per heavy atom. The molecule has 0 rings (SSSR count). The Morgan fingerprint density at radius 3 is 2.60 bits per heavy atom. The van der Waals surface area contributed by atoms with Crippen molar-refractivity contribution in [1.29, 1.82) is 0 Å². The Morgan fingerprint density at radius 1 is 1.60 bits per heavy atom. The lowest BCUT2D eigenvalue weighted by Crippen LogP contribution is -1.99. The van der Waals surface area contributed by atoms with Crippen LogP contribution in [0.1, 0.15) is 13.3 Å². The third kappa shape index (κ3) is 4.94. The van der Waals surface area contributed by atoms with E-state index < -0.39 is 7.60 Å². The van der Waals surface area contributed by atoms with E-state index in [2.05, 4.69) is 4.52 Å². The van der Waals surface area contributed by atoms with E-state index in [0.717, 1.165) is 0 Å². The van der Waals surface area contributed by atoms with Crippen molar-refractivity contribution in [2.45, 2.75) is 13.3 Å². The number of aliphatic hydroxyl groups is 1. The lowest BCUT2D eigenvalue weighted by atomic mass is 10.6. The van der Waals surface area contributed by atoms with Crippen LogP contribution in [0.3, 0.4) is 0 Å². The molecule has 0 fully saturated rings. The van der Waals surface area contributed by atoms with E-state index in [4.69, 9.17) is 10.00 Å². The van der Waals surface area contributed by atoms with Crippen LogP contribution in [-0.2, 0) is 9.09 Å². The highest BCUT2D eigenvalue weighted by Crippen LogP contribution is 2.41. The second kappa shape index (κ2) is 4.85. The lowest BCUT2D eigenvalue weighted by molar-refractivity contribution is 0.183. The molecule has 0 aromatic heterocycles. The molecule has 1 atom stereocenters. The monoisotopic (exact) mass is 168 g/mol. The van der Waals surface area contributed by atoms with E-state index in [1.54, 1.807) is 6.92 Å². The van der Waals surface area contributed by atoms with Gasteiger partial charge in [-0.05, 0) is 6.42 Å². The molecule has 0 heterocycles. The van der Waals surface area contributed by atoms with Crippen molar-refractivity contribution < 1.29 is 19.1 Å². The van der Waals surface area contributed by atoms with Gasteiger partial charge in [0.25, 0.3) is 0 Å². The first-order valence-electron chi connectivity index (χ1n) is 3.19. The molecule has 0 aliphatic rings. The zero-order chi connectivity index (χ0) is 8.04. The maximum atomic E-state index is 10.8. The van der Waals surface area contributed by atoms with E-state index in [1.807, 2.05) is 0 Å². The van der Waals surface area contributed by atoms with Crippen LogP contribution < -0.4 is 0 Å². The Labute approximate surface area is 60.4 Å². The molecule has 0 saturated heterocycles. The first-order chi connectivity index (χ1) is 4.62. The molecule has 2 N–H and O–H groups in total. The van der Waals surface area contributed by atoms with Crippen LogP contribution in [0.2, 0.25) is 0 Å². The maximum absolute atomic E-state index is 10.8. The van der Waals surface area contributed by atoms with Crippen molar-refractivity contribution >= 4 is 7.60 Å². The van der Waals surface area contributed by atoms with Gasteiger partial charge in [-0.15, -0.1) is 0 Å². The van der Waals surface area contributed by atoms with Gasteiger partial charge in [-0.3, -0.25) is 4.57 Å². The summed E-state index contributed by atoms with van der Waals surface area (Å²) in [5.74, 6) is 0. The summed E-state index contributed by atoms with van der Waals surface area (Å²) in [6, 6.07) is 0. The van der Waals surface area contributed by atoms with Gasteiger partial charge in [0, 0.05) is 6.16 Å². The summed E-state index contributed by atoms with van der Waals surface area (Å²) in [6.07, 6.45) is 0.770. The predicted molar refractivity (Wildman–Crippen MR) is 38.0 cm³/mol. The normalized spacial score (nSPS) is 16.7. The minimum absolute atomic E-state index is 0.0617. The molecule has 0 aliphatic heterocycles. The number of hydrogen-bond acceptors (Lipinski definition) is 3. The molecule has 0 aliphatic carbocycles. The predicted octanol–water partition coefficient (Wildman–Crippen LogP) is 0.591. The molecule has 0 aromatic carbocycles. The molecule has 0 saturated carbocycles. The van der Waals surface area contributed by atoms with E-state index in [-0.39, 0.29) is 19.4 Å². The summed E-state index contributed by atoms with van der Waals surface area (Å²) in [4.78, 5) is 8.87. The van der Waals surface area contributed by atoms with Gasteiger partial charge in [0.05, 0.1) is 13.2 Å². The highest BCUT2D eigenvalue weighted by atomic mass is 31.2. The molecule has 0 spiro atoms. The van der Waals surface area contributed by atoms with Crippen LogP contribution in [0.5, 0.6) is 0 Å². The Bertz CT molecular complexity index is 125. The summed E-state index contributed by atoms with van der Waals surface area (Å²) >= 11 is 0. The molecule has 62 valence electrons. The fraction of sp³-hybridized carbons (Fsp3) is 1.00. The fourth-order valence-corrected chi connectivity index (χ4v) is 1.59. The summed E-state index contributed by atoms with van der Waals surface area (Å²) in [5, 5.41) is 8.24. The molecular formula is C5H13O4P. The summed E-state index contributed by atoms with van der Waals surface area (Å²) < 4.78 is 15.3. The number of hydrogen-bond donors (Lipinski definition) is 2. The van der Waals surface area contributed by atoms with Crippen LogP contribution in [0.25, 0.3) is 0 Å². The van der Waals surface area contributed by atoms with E-state index in [1.165, 1.54) is 0 Å². The molecule has 0 amide bonds. The molecule has 4 nitrogen and oxygen atoms in total. The van der Waals surface area contributed by atoms with Crippen LogP contribution in [0, 0.1) is 0 Å². The average Bonchev–Trinajstić information content (AvgIpc) is 1.84. The van der Waals surface area contributed by atoms with E-state index >= 15 is 0 Å². The molecule has 0 bridgehead atoms. The second-order valence-corrected chi connectivity index (χ2v) is 3.90. The van der Waals surface area contributed by atoms with Gasteiger partial charge in [-0.2, -0.15) is 0 Å². The Balaban J connectivity index is 3.53. The van der Waals surface area contributed by atoms with E-state index in [9.17, 15) is 4.57 Å². The zero-order valence-corrected chi connectivity index (χ0v) is 6.88. The van der Waals surface area contributed by atoms with Crippen molar-refractivity contribution in [2.24, 2.45) is 0 Å². The molecule has 5 heteroatoms. The van der Waals surface area contributed by atoms with E-state index in [0.29, 0.717) is 6.42 Å². The maximum Gasteiger partial charge on any atom is 0.328 e. The third-order valence-corrected chi connectivity index (χ3v) is 2.49. The van der Waals surface area contributed by atoms with Gasteiger partial charge in [-0.25, -0.2) is 0 Å². The third-order valence-electron chi connectivity index (χ3n) is 0.890. The molecular weight excluding hydrogens is 155 g/mol. The van der Waals surface area contributed by atoms with Crippen LogP contribution >= 0.6 is 7.60 Å². The fourth-order valence-electron chi connectivity index (χ4n) is 0.531. The topological polar surface area (TPSA) is 66.8 Å². The lowest BCUT2D eigenvalue weighted by Gasteiger charge is -2.08.